The lowest BCUT2D eigenvalue weighted by molar-refractivity contribution is -0.120. The Morgan fingerprint density at radius 1 is 0.931 bits per heavy atom. The number of hydrogen-bond donors (Lipinski definition) is 1. The highest BCUT2D eigenvalue weighted by Gasteiger charge is 2.17. The van der Waals surface area contributed by atoms with E-state index in [1.54, 1.807) is 27.4 Å². The topological polar surface area (TPSA) is 66.0 Å². The van der Waals surface area contributed by atoms with Crippen LogP contribution in [0.3, 0.4) is 0 Å². The van der Waals surface area contributed by atoms with Gasteiger partial charge in [0.2, 0.25) is 11.7 Å². The van der Waals surface area contributed by atoms with Crippen molar-refractivity contribution in [1.82, 2.24) is 5.32 Å². The smallest absolute Gasteiger partial charge is 0.224 e. The second-order valence-corrected chi connectivity index (χ2v) is 6.93. The summed E-state index contributed by atoms with van der Waals surface area (Å²) in [4.78, 5) is 12.3. The maximum Gasteiger partial charge on any atom is 0.224 e. The van der Waals surface area contributed by atoms with Crippen molar-refractivity contribution in [2.24, 2.45) is 0 Å². The predicted molar refractivity (Wildman–Crippen MR) is 114 cm³/mol. The van der Waals surface area contributed by atoms with Gasteiger partial charge in [-0.1, -0.05) is 12.1 Å². The average Bonchev–Trinajstić information content (AvgIpc) is 2.70. The summed E-state index contributed by atoms with van der Waals surface area (Å²) in [5, 5.41) is 2.93. The molecule has 0 aliphatic carbocycles. The molecule has 1 N–H and O–H groups in total. The van der Waals surface area contributed by atoms with Crippen LogP contribution in [0.4, 0.5) is 0 Å². The first-order valence-corrected chi connectivity index (χ1v) is 9.66. The summed E-state index contributed by atoms with van der Waals surface area (Å²) in [6, 6.07) is 7.77. The SMILES string of the molecule is COc1ccc(CC(=O)NCCCOc2cc(C)cc(C)c2C)c(OC)c1OC. The number of benzene rings is 2. The Kier molecular flexibility index (Phi) is 8.19. The van der Waals surface area contributed by atoms with Crippen molar-refractivity contribution in [1.29, 1.82) is 0 Å². The Labute approximate surface area is 173 Å². The third kappa shape index (κ3) is 5.79. The molecule has 0 unspecified atom stereocenters. The van der Waals surface area contributed by atoms with Gasteiger partial charge in [-0.2, -0.15) is 0 Å². The molecule has 0 aliphatic heterocycles. The van der Waals surface area contributed by atoms with Gasteiger partial charge in [0.25, 0.3) is 0 Å². The minimum absolute atomic E-state index is 0.0851. The van der Waals surface area contributed by atoms with Crippen molar-refractivity contribution in [2.45, 2.75) is 33.6 Å². The Bertz CT molecular complexity index is 848. The largest absolute Gasteiger partial charge is 0.493 e. The summed E-state index contributed by atoms with van der Waals surface area (Å²) in [5.74, 6) is 2.38. The Morgan fingerprint density at radius 3 is 2.31 bits per heavy atom. The lowest BCUT2D eigenvalue weighted by Crippen LogP contribution is -2.27. The molecule has 158 valence electrons. The summed E-state index contributed by atoms with van der Waals surface area (Å²) in [5.41, 5.74) is 4.29. The van der Waals surface area contributed by atoms with E-state index in [9.17, 15) is 4.79 Å². The predicted octanol–water partition coefficient (Wildman–Crippen LogP) is 3.77. The fourth-order valence-corrected chi connectivity index (χ4v) is 3.17. The van der Waals surface area contributed by atoms with E-state index < -0.39 is 0 Å². The van der Waals surface area contributed by atoms with Crippen LogP contribution in [0.2, 0.25) is 0 Å². The number of methoxy groups -OCH3 is 3. The van der Waals surface area contributed by atoms with Crippen LogP contribution >= 0.6 is 0 Å². The third-order valence-electron chi connectivity index (χ3n) is 4.80. The molecular weight excluding hydrogens is 370 g/mol. The van der Waals surface area contributed by atoms with Gasteiger partial charge in [-0.05, 0) is 56.0 Å². The number of carbonyl (C=O) groups is 1. The van der Waals surface area contributed by atoms with Gasteiger partial charge >= 0.3 is 0 Å². The van der Waals surface area contributed by atoms with Crippen LogP contribution < -0.4 is 24.3 Å². The molecule has 0 atom stereocenters. The quantitative estimate of drug-likeness (QED) is 0.614. The molecule has 0 saturated carbocycles. The normalized spacial score (nSPS) is 10.4. The number of ether oxygens (including phenoxy) is 4. The number of rotatable bonds is 10. The van der Waals surface area contributed by atoms with E-state index >= 15 is 0 Å². The van der Waals surface area contributed by atoms with E-state index in [-0.39, 0.29) is 12.3 Å². The van der Waals surface area contributed by atoms with Gasteiger partial charge in [0.05, 0.1) is 34.4 Å². The van der Waals surface area contributed by atoms with Gasteiger partial charge in [0.15, 0.2) is 11.5 Å². The minimum Gasteiger partial charge on any atom is -0.493 e. The van der Waals surface area contributed by atoms with E-state index in [0.717, 1.165) is 23.3 Å². The summed E-state index contributed by atoms with van der Waals surface area (Å²) in [6.45, 7) is 7.28. The van der Waals surface area contributed by atoms with E-state index in [0.29, 0.717) is 30.4 Å². The van der Waals surface area contributed by atoms with E-state index in [1.165, 1.54) is 11.1 Å². The molecule has 6 nitrogen and oxygen atoms in total. The molecule has 0 aliphatic rings. The zero-order chi connectivity index (χ0) is 21.4. The Balaban J connectivity index is 1.85. The van der Waals surface area contributed by atoms with Crippen LogP contribution in [-0.4, -0.2) is 40.4 Å². The molecule has 0 bridgehead atoms. The van der Waals surface area contributed by atoms with E-state index in [4.69, 9.17) is 18.9 Å². The summed E-state index contributed by atoms with van der Waals surface area (Å²) in [7, 11) is 4.65. The van der Waals surface area contributed by atoms with Crippen molar-refractivity contribution < 1.29 is 23.7 Å². The molecule has 0 spiro atoms. The number of carbonyl (C=O) groups excluding carboxylic acids is 1. The standard InChI is InChI=1S/C23H31NO5/c1-15-12-16(2)17(3)20(13-15)29-11-7-10-24-21(25)14-18-8-9-19(26-4)23(28-6)22(18)27-5/h8-9,12-13H,7,10-11,14H2,1-6H3,(H,24,25). The number of aryl methyl sites for hydroxylation is 2. The summed E-state index contributed by atoms with van der Waals surface area (Å²) < 4.78 is 22.0. The zero-order valence-electron chi connectivity index (χ0n) is 18.2. The van der Waals surface area contributed by atoms with Crippen LogP contribution in [0.25, 0.3) is 0 Å². The first kappa shape index (κ1) is 22.4. The highest BCUT2D eigenvalue weighted by molar-refractivity contribution is 5.80. The number of nitrogens with one attached hydrogen (secondary N) is 1. The minimum atomic E-state index is -0.0851. The molecule has 6 heteroatoms. The molecule has 29 heavy (non-hydrogen) atoms. The summed E-state index contributed by atoms with van der Waals surface area (Å²) >= 11 is 0. The Morgan fingerprint density at radius 2 is 1.66 bits per heavy atom. The molecule has 0 aromatic heterocycles. The van der Waals surface area contributed by atoms with Crippen LogP contribution in [0, 0.1) is 20.8 Å². The van der Waals surface area contributed by atoms with Crippen molar-refractivity contribution in [2.75, 3.05) is 34.5 Å². The molecule has 0 saturated heterocycles. The van der Waals surface area contributed by atoms with Crippen LogP contribution in [-0.2, 0) is 11.2 Å². The van der Waals surface area contributed by atoms with Gasteiger partial charge < -0.3 is 24.3 Å². The molecule has 0 heterocycles. The van der Waals surface area contributed by atoms with Gasteiger partial charge in [0, 0.05) is 12.1 Å². The van der Waals surface area contributed by atoms with Crippen LogP contribution in [0.15, 0.2) is 24.3 Å². The fourth-order valence-electron chi connectivity index (χ4n) is 3.17. The zero-order valence-corrected chi connectivity index (χ0v) is 18.2. The van der Waals surface area contributed by atoms with Crippen molar-refractivity contribution >= 4 is 5.91 Å². The van der Waals surface area contributed by atoms with E-state index in [1.807, 2.05) is 12.1 Å². The van der Waals surface area contributed by atoms with Gasteiger partial charge in [-0.3, -0.25) is 4.79 Å². The van der Waals surface area contributed by atoms with Gasteiger partial charge in [0.1, 0.15) is 5.75 Å². The molecule has 2 aromatic rings. The number of hydrogen-bond acceptors (Lipinski definition) is 5. The van der Waals surface area contributed by atoms with Gasteiger partial charge in [-0.15, -0.1) is 0 Å². The molecule has 1 amide bonds. The van der Waals surface area contributed by atoms with Crippen molar-refractivity contribution in [3.05, 3.63) is 46.5 Å². The molecule has 0 fully saturated rings. The Hall–Kier alpha value is -2.89. The lowest BCUT2D eigenvalue weighted by Gasteiger charge is -2.15. The summed E-state index contributed by atoms with van der Waals surface area (Å²) in [6.07, 6.45) is 0.918. The second kappa shape index (κ2) is 10.6. The van der Waals surface area contributed by atoms with Crippen molar-refractivity contribution in [3.8, 4) is 23.0 Å². The van der Waals surface area contributed by atoms with Gasteiger partial charge in [-0.25, -0.2) is 0 Å². The highest BCUT2D eigenvalue weighted by Crippen LogP contribution is 2.39. The molecule has 0 radical (unpaired) electrons. The first-order chi connectivity index (χ1) is 13.9. The average molecular weight is 402 g/mol. The monoisotopic (exact) mass is 401 g/mol. The van der Waals surface area contributed by atoms with E-state index in [2.05, 4.69) is 32.2 Å². The number of amides is 1. The molecular formula is C23H31NO5. The highest BCUT2D eigenvalue weighted by atomic mass is 16.5. The van der Waals surface area contributed by atoms with Crippen LogP contribution in [0.1, 0.15) is 28.7 Å². The third-order valence-corrected chi connectivity index (χ3v) is 4.80. The maximum atomic E-state index is 12.3. The maximum absolute atomic E-state index is 12.3. The first-order valence-electron chi connectivity index (χ1n) is 9.66. The lowest BCUT2D eigenvalue weighted by atomic mass is 10.1. The van der Waals surface area contributed by atoms with Crippen LogP contribution in [0.5, 0.6) is 23.0 Å². The molecule has 2 rings (SSSR count). The fraction of sp³-hybridized carbons (Fsp3) is 0.435. The second-order valence-electron chi connectivity index (χ2n) is 6.93. The van der Waals surface area contributed by atoms with Crippen molar-refractivity contribution in [3.63, 3.8) is 0 Å². The molecule has 2 aromatic carbocycles.